The maximum absolute atomic E-state index is 13.0. The van der Waals surface area contributed by atoms with Crippen molar-refractivity contribution >= 4 is 11.9 Å². The van der Waals surface area contributed by atoms with Crippen LogP contribution in [0.1, 0.15) is 92.9 Å². The number of hydrogen-bond donors (Lipinski definition) is 1. The number of hydrogen-bond acceptors (Lipinski definition) is 5. The van der Waals surface area contributed by atoms with Crippen LogP contribution in [-0.4, -0.2) is 34.9 Å². The number of carbonyl (C=O) groups excluding carboxylic acids is 2. The molecule has 0 saturated carbocycles. The number of aliphatic hydroxyl groups excluding tert-OH is 1. The van der Waals surface area contributed by atoms with Gasteiger partial charge in [0.25, 0.3) is 0 Å². The molecule has 1 N–H and O–H groups in total. The van der Waals surface area contributed by atoms with E-state index < -0.39 is 28.6 Å². The van der Waals surface area contributed by atoms with Crippen LogP contribution in [0.2, 0.25) is 0 Å². The Kier molecular flexibility index (Phi) is 10.7. The number of carbonyl (C=O) groups is 2. The predicted molar refractivity (Wildman–Crippen MR) is 107 cm³/mol. The van der Waals surface area contributed by atoms with E-state index in [1.165, 1.54) is 0 Å². The smallest absolute Gasteiger partial charge is 0.325 e. The summed E-state index contributed by atoms with van der Waals surface area (Å²) >= 11 is 0. The van der Waals surface area contributed by atoms with E-state index in [4.69, 9.17) is 21.0 Å². The van der Waals surface area contributed by atoms with Gasteiger partial charge in [-0.3, -0.25) is 9.59 Å². The molecule has 27 heavy (non-hydrogen) atoms. The third-order valence-corrected chi connectivity index (χ3v) is 3.99. The highest BCUT2D eigenvalue weighted by molar-refractivity contribution is 6.00. The van der Waals surface area contributed by atoms with Gasteiger partial charge in [0.15, 0.2) is 5.41 Å². The zero-order valence-corrected chi connectivity index (χ0v) is 18.0. The molecular weight excluding hydrogens is 344 g/mol. The van der Waals surface area contributed by atoms with Gasteiger partial charge in [0, 0.05) is 13.0 Å². The Morgan fingerprint density at radius 3 is 1.59 bits per heavy atom. The molecule has 0 fully saturated rings. The van der Waals surface area contributed by atoms with Gasteiger partial charge >= 0.3 is 11.9 Å². The van der Waals surface area contributed by atoms with Crippen molar-refractivity contribution in [3.63, 3.8) is 0 Å². The van der Waals surface area contributed by atoms with E-state index in [2.05, 4.69) is 5.92 Å². The standard InChI is InChI=1S/C22H38O5/c1-8-15-22(18(24)26-20(2,3)4,19(25)27-21(5,6)7)16-13-11-9-10-12-14-17-23/h1,23H,9-17H2,2-7H3. The minimum atomic E-state index is -1.47. The molecule has 0 radical (unpaired) electrons. The second-order valence-electron chi connectivity index (χ2n) is 9.06. The van der Waals surface area contributed by atoms with Crippen LogP contribution in [-0.2, 0) is 19.1 Å². The van der Waals surface area contributed by atoms with Crippen LogP contribution >= 0.6 is 0 Å². The van der Waals surface area contributed by atoms with Gasteiger partial charge in [-0.1, -0.05) is 32.1 Å². The van der Waals surface area contributed by atoms with Crippen molar-refractivity contribution in [2.75, 3.05) is 6.61 Å². The van der Waals surface area contributed by atoms with E-state index in [1.54, 1.807) is 41.5 Å². The van der Waals surface area contributed by atoms with Gasteiger partial charge in [-0.15, -0.1) is 12.3 Å². The van der Waals surface area contributed by atoms with Crippen molar-refractivity contribution in [2.45, 2.75) is 104 Å². The van der Waals surface area contributed by atoms with Crippen molar-refractivity contribution in [1.82, 2.24) is 0 Å². The average Bonchev–Trinajstić information content (AvgIpc) is 2.49. The molecule has 0 aliphatic rings. The lowest BCUT2D eigenvalue weighted by molar-refractivity contribution is -0.185. The Morgan fingerprint density at radius 1 is 0.815 bits per heavy atom. The topological polar surface area (TPSA) is 72.8 Å². The van der Waals surface area contributed by atoms with Crippen LogP contribution in [0.4, 0.5) is 0 Å². The molecular formula is C22H38O5. The van der Waals surface area contributed by atoms with Gasteiger partial charge < -0.3 is 14.6 Å². The molecule has 0 aliphatic heterocycles. The number of unbranched alkanes of at least 4 members (excludes halogenated alkanes) is 5. The molecule has 0 atom stereocenters. The number of ether oxygens (including phenoxy) is 2. The van der Waals surface area contributed by atoms with Crippen molar-refractivity contribution in [3.05, 3.63) is 0 Å². The maximum Gasteiger partial charge on any atom is 0.325 e. The molecule has 0 heterocycles. The van der Waals surface area contributed by atoms with Crippen LogP contribution in [0.3, 0.4) is 0 Å². The van der Waals surface area contributed by atoms with E-state index in [9.17, 15) is 9.59 Å². The third-order valence-electron chi connectivity index (χ3n) is 3.99. The minimum Gasteiger partial charge on any atom is -0.459 e. The molecule has 0 aromatic rings. The van der Waals surface area contributed by atoms with E-state index in [1.807, 2.05) is 0 Å². The molecule has 5 heteroatoms. The Labute approximate surface area is 165 Å². The van der Waals surface area contributed by atoms with Crippen LogP contribution in [0.15, 0.2) is 0 Å². The highest BCUT2D eigenvalue weighted by Gasteiger charge is 2.50. The summed E-state index contributed by atoms with van der Waals surface area (Å²) in [7, 11) is 0. The van der Waals surface area contributed by atoms with Crippen LogP contribution in [0.5, 0.6) is 0 Å². The fourth-order valence-electron chi connectivity index (χ4n) is 2.69. The van der Waals surface area contributed by atoms with Crippen molar-refractivity contribution < 1.29 is 24.2 Å². The van der Waals surface area contributed by atoms with Gasteiger partial charge in [-0.2, -0.15) is 0 Å². The van der Waals surface area contributed by atoms with Gasteiger partial charge in [0.05, 0.1) is 0 Å². The first kappa shape index (κ1) is 25.5. The Bertz CT molecular complexity index is 474. The van der Waals surface area contributed by atoms with Gasteiger partial charge in [0.1, 0.15) is 11.2 Å². The molecule has 156 valence electrons. The molecule has 0 unspecified atom stereocenters. The largest absolute Gasteiger partial charge is 0.459 e. The summed E-state index contributed by atoms with van der Waals surface area (Å²) in [5.41, 5.74) is -2.91. The first-order valence-electron chi connectivity index (χ1n) is 9.89. The number of rotatable bonds is 11. The maximum atomic E-state index is 13.0. The summed E-state index contributed by atoms with van der Waals surface area (Å²) in [5, 5.41) is 8.82. The van der Waals surface area contributed by atoms with E-state index >= 15 is 0 Å². The SMILES string of the molecule is C#CCC(CCCCCCCCO)(C(=O)OC(C)(C)C)C(=O)OC(C)(C)C. The lowest BCUT2D eigenvalue weighted by atomic mass is 9.79. The molecule has 0 aliphatic carbocycles. The zero-order valence-electron chi connectivity index (χ0n) is 18.0. The van der Waals surface area contributed by atoms with Crippen molar-refractivity contribution in [3.8, 4) is 12.3 Å². The Hall–Kier alpha value is -1.54. The lowest BCUT2D eigenvalue weighted by Gasteiger charge is -2.34. The average molecular weight is 383 g/mol. The monoisotopic (exact) mass is 382 g/mol. The van der Waals surface area contributed by atoms with E-state index in [0.29, 0.717) is 12.8 Å². The van der Waals surface area contributed by atoms with Crippen molar-refractivity contribution in [2.24, 2.45) is 5.41 Å². The minimum absolute atomic E-state index is 0.0403. The molecule has 0 spiro atoms. The number of esters is 2. The molecule has 0 bridgehead atoms. The fraction of sp³-hybridized carbons (Fsp3) is 0.818. The summed E-state index contributed by atoms with van der Waals surface area (Å²) in [6.07, 6.45) is 11.1. The third kappa shape index (κ3) is 10.4. The lowest BCUT2D eigenvalue weighted by Crippen LogP contribution is -2.46. The van der Waals surface area contributed by atoms with Crippen LogP contribution in [0, 0.1) is 17.8 Å². The second-order valence-corrected chi connectivity index (χ2v) is 9.06. The number of terminal acetylenes is 1. The predicted octanol–water partition coefficient (Wildman–Crippen LogP) is 4.40. The normalized spacial score (nSPS) is 12.4. The summed E-state index contributed by atoms with van der Waals surface area (Å²) < 4.78 is 11.1. The highest BCUT2D eigenvalue weighted by Crippen LogP contribution is 2.35. The van der Waals surface area contributed by atoms with Gasteiger partial charge in [-0.05, 0) is 54.4 Å². The number of aliphatic hydroxyl groups is 1. The van der Waals surface area contributed by atoms with Gasteiger partial charge in [0.2, 0.25) is 0 Å². The summed E-state index contributed by atoms with van der Waals surface area (Å²) in [6, 6.07) is 0. The molecule has 0 rings (SSSR count). The summed E-state index contributed by atoms with van der Waals surface area (Å²) in [5.74, 6) is 1.26. The van der Waals surface area contributed by atoms with Gasteiger partial charge in [-0.25, -0.2) is 0 Å². The van der Waals surface area contributed by atoms with Crippen LogP contribution < -0.4 is 0 Å². The zero-order chi connectivity index (χ0) is 21.1. The Balaban J connectivity index is 5.27. The van der Waals surface area contributed by atoms with E-state index in [0.717, 1.165) is 32.1 Å². The molecule has 0 aromatic carbocycles. The second kappa shape index (κ2) is 11.3. The quantitative estimate of drug-likeness (QED) is 0.248. The van der Waals surface area contributed by atoms with E-state index in [-0.39, 0.29) is 13.0 Å². The van der Waals surface area contributed by atoms with Crippen LogP contribution in [0.25, 0.3) is 0 Å². The highest BCUT2D eigenvalue weighted by atomic mass is 16.6. The summed E-state index contributed by atoms with van der Waals surface area (Å²) in [4.78, 5) is 25.9. The first-order chi connectivity index (χ1) is 12.4. The first-order valence-corrected chi connectivity index (χ1v) is 9.89. The molecule has 0 amide bonds. The molecule has 5 nitrogen and oxygen atoms in total. The Morgan fingerprint density at radius 2 is 1.22 bits per heavy atom. The van der Waals surface area contributed by atoms with Crippen molar-refractivity contribution in [1.29, 1.82) is 0 Å². The summed E-state index contributed by atoms with van der Waals surface area (Å²) in [6.45, 7) is 10.8. The molecule has 0 saturated heterocycles. The molecule has 0 aromatic heterocycles. The fourth-order valence-corrected chi connectivity index (χ4v) is 2.69.